The highest BCUT2D eigenvalue weighted by molar-refractivity contribution is 5.92. The zero-order chi connectivity index (χ0) is 12.3. The van der Waals surface area contributed by atoms with Crippen molar-refractivity contribution in [3.63, 3.8) is 0 Å². The number of aromatic amines is 1. The predicted octanol–water partition coefficient (Wildman–Crippen LogP) is 1.08. The van der Waals surface area contributed by atoms with Crippen molar-refractivity contribution in [1.29, 1.82) is 0 Å². The van der Waals surface area contributed by atoms with Crippen molar-refractivity contribution in [3.05, 3.63) is 28.2 Å². The van der Waals surface area contributed by atoms with Gasteiger partial charge in [-0.05, 0) is 24.8 Å². The Kier molecular flexibility index (Phi) is 3.56. The van der Waals surface area contributed by atoms with Crippen LogP contribution in [0.5, 0.6) is 0 Å². The summed E-state index contributed by atoms with van der Waals surface area (Å²) >= 11 is 0. The maximum absolute atomic E-state index is 11.8. The second-order valence-corrected chi connectivity index (χ2v) is 4.75. The van der Waals surface area contributed by atoms with Crippen molar-refractivity contribution >= 4 is 5.91 Å². The number of rotatable bonds is 2. The summed E-state index contributed by atoms with van der Waals surface area (Å²) in [5.74, 6) is 0.456. The third-order valence-electron chi connectivity index (χ3n) is 3.18. The molecule has 2 atom stereocenters. The molecule has 5 heteroatoms. The Morgan fingerprint density at radius 3 is 2.94 bits per heavy atom. The van der Waals surface area contributed by atoms with E-state index in [2.05, 4.69) is 22.4 Å². The summed E-state index contributed by atoms with van der Waals surface area (Å²) in [4.78, 5) is 22.7. The summed E-state index contributed by atoms with van der Waals surface area (Å²) in [5.41, 5.74) is -0.0318. The maximum atomic E-state index is 11.8. The van der Waals surface area contributed by atoms with Gasteiger partial charge in [-0.2, -0.15) is 5.10 Å². The highest BCUT2D eigenvalue weighted by Crippen LogP contribution is 2.23. The number of H-pyrrole nitrogens is 1. The average molecular weight is 235 g/mol. The molecular weight excluding hydrogens is 218 g/mol. The van der Waals surface area contributed by atoms with Gasteiger partial charge in [0.2, 0.25) is 0 Å². The van der Waals surface area contributed by atoms with Crippen LogP contribution in [0, 0.1) is 5.92 Å². The lowest BCUT2D eigenvalue weighted by Gasteiger charge is -2.27. The van der Waals surface area contributed by atoms with Gasteiger partial charge in [0.1, 0.15) is 5.69 Å². The quantitative estimate of drug-likeness (QED) is 0.805. The van der Waals surface area contributed by atoms with Crippen molar-refractivity contribution in [2.45, 2.75) is 38.6 Å². The molecule has 5 nitrogen and oxygen atoms in total. The molecule has 2 rings (SSSR count). The molecule has 0 bridgehead atoms. The number of nitrogens with zero attached hydrogens (tertiary/aromatic N) is 1. The molecule has 1 aliphatic carbocycles. The molecule has 0 aliphatic heterocycles. The van der Waals surface area contributed by atoms with Crippen LogP contribution in [-0.2, 0) is 0 Å². The van der Waals surface area contributed by atoms with Gasteiger partial charge in [0.25, 0.3) is 11.5 Å². The van der Waals surface area contributed by atoms with Crippen LogP contribution in [0.25, 0.3) is 0 Å². The number of carbonyl (C=O) groups excluding carboxylic acids is 1. The SMILES string of the molecule is CC1CCCC(NC(=O)c2ccc(=O)[nH]n2)C1. The van der Waals surface area contributed by atoms with Crippen molar-refractivity contribution in [3.8, 4) is 0 Å². The lowest BCUT2D eigenvalue weighted by atomic mass is 9.87. The zero-order valence-electron chi connectivity index (χ0n) is 9.90. The molecular formula is C12H17N3O2. The van der Waals surface area contributed by atoms with E-state index in [9.17, 15) is 9.59 Å². The summed E-state index contributed by atoms with van der Waals surface area (Å²) in [6, 6.07) is 2.99. The molecule has 1 amide bonds. The Morgan fingerprint density at radius 1 is 1.47 bits per heavy atom. The van der Waals surface area contributed by atoms with Crippen LogP contribution in [0.2, 0.25) is 0 Å². The first kappa shape index (κ1) is 11.8. The third kappa shape index (κ3) is 3.15. The topological polar surface area (TPSA) is 74.8 Å². The molecule has 0 radical (unpaired) electrons. The minimum absolute atomic E-state index is 0.208. The molecule has 0 aromatic carbocycles. The summed E-state index contributed by atoms with van der Waals surface area (Å²) in [6.07, 6.45) is 4.45. The van der Waals surface area contributed by atoms with E-state index >= 15 is 0 Å². The fourth-order valence-electron chi connectivity index (χ4n) is 2.30. The van der Waals surface area contributed by atoms with Crippen LogP contribution >= 0.6 is 0 Å². The largest absolute Gasteiger partial charge is 0.348 e. The number of hydrogen-bond acceptors (Lipinski definition) is 3. The normalized spacial score (nSPS) is 24.3. The van der Waals surface area contributed by atoms with Crippen LogP contribution in [0.3, 0.4) is 0 Å². The van der Waals surface area contributed by atoms with E-state index in [4.69, 9.17) is 0 Å². The van der Waals surface area contributed by atoms with Crippen molar-refractivity contribution in [2.24, 2.45) is 5.92 Å². The fourth-order valence-corrected chi connectivity index (χ4v) is 2.30. The molecule has 92 valence electrons. The van der Waals surface area contributed by atoms with Gasteiger partial charge in [-0.15, -0.1) is 0 Å². The van der Waals surface area contributed by atoms with Gasteiger partial charge in [-0.25, -0.2) is 5.10 Å². The van der Waals surface area contributed by atoms with E-state index in [0.29, 0.717) is 5.92 Å². The van der Waals surface area contributed by atoms with Crippen LogP contribution in [-0.4, -0.2) is 22.1 Å². The molecule has 2 N–H and O–H groups in total. The van der Waals surface area contributed by atoms with E-state index in [0.717, 1.165) is 19.3 Å². The lowest BCUT2D eigenvalue weighted by molar-refractivity contribution is 0.0915. The number of hydrogen-bond donors (Lipinski definition) is 2. The zero-order valence-corrected chi connectivity index (χ0v) is 9.90. The molecule has 0 saturated heterocycles. The monoisotopic (exact) mass is 235 g/mol. The van der Waals surface area contributed by atoms with E-state index in [1.807, 2.05) is 0 Å². The van der Waals surface area contributed by atoms with Gasteiger partial charge in [0.15, 0.2) is 0 Å². The van der Waals surface area contributed by atoms with Gasteiger partial charge < -0.3 is 5.32 Å². The van der Waals surface area contributed by atoms with Crippen molar-refractivity contribution in [1.82, 2.24) is 15.5 Å². The first-order chi connectivity index (χ1) is 8.15. The van der Waals surface area contributed by atoms with Crippen LogP contribution in [0.1, 0.15) is 43.1 Å². The minimum atomic E-state index is -0.298. The molecule has 1 heterocycles. The van der Waals surface area contributed by atoms with Crippen LogP contribution in [0.15, 0.2) is 16.9 Å². The maximum Gasteiger partial charge on any atom is 0.271 e. The minimum Gasteiger partial charge on any atom is -0.348 e. The summed E-state index contributed by atoms with van der Waals surface area (Å²) < 4.78 is 0. The van der Waals surface area contributed by atoms with Gasteiger partial charge in [-0.1, -0.05) is 19.8 Å². The van der Waals surface area contributed by atoms with Gasteiger partial charge >= 0.3 is 0 Å². The lowest BCUT2D eigenvalue weighted by Crippen LogP contribution is -2.38. The van der Waals surface area contributed by atoms with Gasteiger partial charge in [0, 0.05) is 12.1 Å². The Hall–Kier alpha value is -1.65. The number of amides is 1. The predicted molar refractivity (Wildman–Crippen MR) is 63.7 cm³/mol. The van der Waals surface area contributed by atoms with Crippen LogP contribution in [0.4, 0.5) is 0 Å². The Balaban J connectivity index is 1.96. The second kappa shape index (κ2) is 5.12. The molecule has 1 aromatic heterocycles. The molecule has 0 spiro atoms. The summed E-state index contributed by atoms with van der Waals surface area (Å²) in [7, 11) is 0. The molecule has 1 saturated carbocycles. The molecule has 1 aromatic rings. The first-order valence-electron chi connectivity index (χ1n) is 6.02. The van der Waals surface area contributed by atoms with Gasteiger partial charge in [0.05, 0.1) is 0 Å². The Morgan fingerprint density at radius 2 is 2.29 bits per heavy atom. The molecule has 1 aliphatic rings. The summed E-state index contributed by atoms with van der Waals surface area (Å²) in [5, 5.41) is 8.94. The molecule has 17 heavy (non-hydrogen) atoms. The second-order valence-electron chi connectivity index (χ2n) is 4.75. The third-order valence-corrected chi connectivity index (χ3v) is 3.18. The number of nitrogens with one attached hydrogen (secondary N) is 2. The van der Waals surface area contributed by atoms with Crippen molar-refractivity contribution in [2.75, 3.05) is 0 Å². The Labute approximate surface area is 99.6 Å². The summed E-state index contributed by atoms with van der Waals surface area (Å²) in [6.45, 7) is 2.20. The fraction of sp³-hybridized carbons (Fsp3) is 0.583. The van der Waals surface area contributed by atoms with E-state index < -0.39 is 0 Å². The van der Waals surface area contributed by atoms with E-state index in [1.165, 1.54) is 18.6 Å². The number of carbonyl (C=O) groups is 1. The van der Waals surface area contributed by atoms with E-state index in [1.54, 1.807) is 0 Å². The standard InChI is InChI=1S/C12H17N3O2/c1-8-3-2-4-9(7-8)13-12(17)10-5-6-11(16)15-14-10/h5-6,8-9H,2-4,7H2,1H3,(H,13,17)(H,15,16). The van der Waals surface area contributed by atoms with Crippen molar-refractivity contribution < 1.29 is 4.79 Å². The highest BCUT2D eigenvalue weighted by Gasteiger charge is 2.21. The average Bonchev–Trinajstić information content (AvgIpc) is 2.29. The van der Waals surface area contributed by atoms with E-state index in [-0.39, 0.29) is 23.2 Å². The van der Waals surface area contributed by atoms with Crippen LogP contribution < -0.4 is 10.9 Å². The highest BCUT2D eigenvalue weighted by atomic mass is 16.2. The molecule has 1 fully saturated rings. The molecule has 2 unspecified atom stereocenters. The smallest absolute Gasteiger partial charge is 0.271 e. The van der Waals surface area contributed by atoms with Gasteiger partial charge in [-0.3, -0.25) is 9.59 Å². The Bertz CT molecular complexity index is 435. The first-order valence-corrected chi connectivity index (χ1v) is 6.02. The number of aromatic nitrogens is 2.